The molecule has 0 bridgehead atoms. The Morgan fingerprint density at radius 3 is 2.85 bits per heavy atom. The number of fused-ring (bicyclic) bond motifs is 1. The van der Waals surface area contributed by atoms with Crippen LogP contribution in [-0.4, -0.2) is 49.7 Å². The molecule has 0 aromatic heterocycles. The molecule has 0 radical (unpaired) electrons. The largest absolute Gasteiger partial charge is 0.378 e. The van der Waals surface area contributed by atoms with Crippen molar-refractivity contribution < 1.29 is 9.53 Å². The van der Waals surface area contributed by atoms with Gasteiger partial charge in [0.2, 0.25) is 5.91 Å². The van der Waals surface area contributed by atoms with Crippen LogP contribution in [0.4, 0.5) is 0 Å². The summed E-state index contributed by atoms with van der Waals surface area (Å²) in [7, 11) is 0. The van der Waals surface area contributed by atoms with Gasteiger partial charge in [-0.25, -0.2) is 0 Å². The Kier molecular flexibility index (Phi) is 6.12. The summed E-state index contributed by atoms with van der Waals surface area (Å²) in [6, 6.07) is 0. The first-order valence-electron chi connectivity index (χ1n) is 7.93. The number of amides is 1. The molecule has 20 heavy (non-hydrogen) atoms. The van der Waals surface area contributed by atoms with Crippen LogP contribution in [0.1, 0.15) is 38.5 Å². The van der Waals surface area contributed by atoms with Gasteiger partial charge in [0.25, 0.3) is 0 Å². The molecule has 0 saturated carbocycles. The normalized spacial score (nSPS) is 33.4. The molecule has 3 atom stereocenters. The van der Waals surface area contributed by atoms with Gasteiger partial charge in [-0.2, -0.15) is 0 Å². The van der Waals surface area contributed by atoms with Crippen LogP contribution in [0, 0.1) is 11.8 Å². The second-order valence-electron chi connectivity index (χ2n) is 6.33. The van der Waals surface area contributed by atoms with E-state index in [4.69, 9.17) is 4.74 Å². The molecule has 0 aromatic carbocycles. The van der Waals surface area contributed by atoms with Crippen molar-refractivity contribution >= 4 is 18.3 Å². The highest BCUT2D eigenvalue weighted by molar-refractivity contribution is 5.85. The Morgan fingerprint density at radius 1 is 1.20 bits per heavy atom. The molecule has 116 valence electrons. The van der Waals surface area contributed by atoms with E-state index in [2.05, 4.69) is 10.2 Å². The van der Waals surface area contributed by atoms with Crippen molar-refractivity contribution in [1.29, 1.82) is 0 Å². The summed E-state index contributed by atoms with van der Waals surface area (Å²) in [5.74, 6) is 1.86. The van der Waals surface area contributed by atoms with E-state index in [-0.39, 0.29) is 12.4 Å². The van der Waals surface area contributed by atoms with E-state index < -0.39 is 0 Å². The molecule has 5 heteroatoms. The first-order valence-corrected chi connectivity index (χ1v) is 7.93. The Labute approximate surface area is 128 Å². The molecule has 3 rings (SSSR count). The topological polar surface area (TPSA) is 41.6 Å². The average Bonchev–Trinajstić information content (AvgIpc) is 2.93. The number of hydrogen-bond acceptors (Lipinski definition) is 3. The molecular formula is C15H27ClN2O2. The van der Waals surface area contributed by atoms with E-state index in [0.717, 1.165) is 51.5 Å². The molecule has 3 aliphatic rings. The molecule has 1 N–H and O–H groups in total. The number of likely N-dealkylation sites (tertiary alicyclic amines) is 1. The number of hydrogen-bond donors (Lipinski definition) is 1. The molecule has 3 aliphatic heterocycles. The summed E-state index contributed by atoms with van der Waals surface area (Å²) in [5.41, 5.74) is 0. The first kappa shape index (κ1) is 16.1. The van der Waals surface area contributed by atoms with Crippen LogP contribution in [0.3, 0.4) is 0 Å². The number of carbonyl (C=O) groups excluding carboxylic acids is 1. The molecule has 4 nitrogen and oxygen atoms in total. The minimum atomic E-state index is 0. The number of rotatable bonds is 3. The van der Waals surface area contributed by atoms with Gasteiger partial charge in [0, 0.05) is 26.1 Å². The molecule has 0 spiro atoms. The van der Waals surface area contributed by atoms with Crippen molar-refractivity contribution in [3.63, 3.8) is 0 Å². The van der Waals surface area contributed by atoms with Crippen LogP contribution in [-0.2, 0) is 9.53 Å². The van der Waals surface area contributed by atoms with Crippen LogP contribution < -0.4 is 5.32 Å². The van der Waals surface area contributed by atoms with E-state index in [1.807, 2.05) is 0 Å². The van der Waals surface area contributed by atoms with Crippen LogP contribution in [0.15, 0.2) is 0 Å². The number of nitrogens with one attached hydrogen (secondary N) is 1. The Morgan fingerprint density at radius 2 is 2.05 bits per heavy atom. The fourth-order valence-electron chi connectivity index (χ4n) is 3.74. The zero-order valence-electron chi connectivity index (χ0n) is 12.2. The molecule has 3 unspecified atom stereocenters. The average molecular weight is 303 g/mol. The van der Waals surface area contributed by atoms with Gasteiger partial charge in [-0.3, -0.25) is 4.79 Å². The summed E-state index contributed by atoms with van der Waals surface area (Å²) in [5, 5.41) is 3.45. The predicted octanol–water partition coefficient (Wildman–Crippen LogP) is 1.83. The zero-order chi connectivity index (χ0) is 13.1. The Bertz CT molecular complexity index is 321. The summed E-state index contributed by atoms with van der Waals surface area (Å²) < 4.78 is 5.70. The van der Waals surface area contributed by atoms with Crippen molar-refractivity contribution in [3.05, 3.63) is 0 Å². The summed E-state index contributed by atoms with van der Waals surface area (Å²) in [6.07, 6.45) is 6.70. The van der Waals surface area contributed by atoms with Gasteiger partial charge in [-0.15, -0.1) is 12.4 Å². The number of carbonyl (C=O) groups is 1. The van der Waals surface area contributed by atoms with Gasteiger partial charge in [-0.05, 0) is 57.0 Å². The maximum absolute atomic E-state index is 12.3. The number of ether oxygens (including phenoxy) is 1. The number of nitrogens with zero attached hydrogens (tertiary/aromatic N) is 1. The highest BCUT2D eigenvalue weighted by Gasteiger charge is 2.34. The van der Waals surface area contributed by atoms with Crippen molar-refractivity contribution in [2.45, 2.75) is 44.6 Å². The zero-order valence-corrected chi connectivity index (χ0v) is 13.0. The van der Waals surface area contributed by atoms with E-state index in [0.29, 0.717) is 24.3 Å². The number of halogens is 1. The smallest absolute Gasteiger partial charge is 0.222 e. The van der Waals surface area contributed by atoms with E-state index >= 15 is 0 Å². The lowest BCUT2D eigenvalue weighted by molar-refractivity contribution is -0.134. The van der Waals surface area contributed by atoms with Crippen molar-refractivity contribution in [2.75, 3.05) is 32.8 Å². The van der Waals surface area contributed by atoms with Gasteiger partial charge >= 0.3 is 0 Å². The van der Waals surface area contributed by atoms with Crippen LogP contribution in [0.25, 0.3) is 0 Å². The summed E-state index contributed by atoms with van der Waals surface area (Å²) >= 11 is 0. The second-order valence-corrected chi connectivity index (χ2v) is 6.33. The van der Waals surface area contributed by atoms with E-state index in [1.54, 1.807) is 0 Å². The van der Waals surface area contributed by atoms with Crippen LogP contribution in [0.5, 0.6) is 0 Å². The van der Waals surface area contributed by atoms with Gasteiger partial charge < -0.3 is 15.0 Å². The highest BCUT2D eigenvalue weighted by atomic mass is 35.5. The van der Waals surface area contributed by atoms with E-state index in [9.17, 15) is 4.79 Å². The minimum absolute atomic E-state index is 0. The van der Waals surface area contributed by atoms with Crippen LogP contribution in [0.2, 0.25) is 0 Å². The SMILES string of the molecule is Cl.O=C(CCC1CCCCO1)N1CCC2CNCC2C1. The predicted molar refractivity (Wildman–Crippen MR) is 81.1 cm³/mol. The third-order valence-electron chi connectivity index (χ3n) is 5.01. The molecule has 3 fully saturated rings. The van der Waals surface area contributed by atoms with Gasteiger partial charge in [0.15, 0.2) is 0 Å². The minimum Gasteiger partial charge on any atom is -0.378 e. The Hall–Kier alpha value is -0.320. The first-order chi connectivity index (χ1) is 9.33. The second kappa shape index (κ2) is 7.62. The lowest BCUT2D eigenvalue weighted by atomic mass is 9.88. The monoisotopic (exact) mass is 302 g/mol. The van der Waals surface area contributed by atoms with Gasteiger partial charge in [0.05, 0.1) is 6.10 Å². The van der Waals surface area contributed by atoms with Crippen molar-refractivity contribution in [3.8, 4) is 0 Å². The molecule has 3 saturated heterocycles. The summed E-state index contributed by atoms with van der Waals surface area (Å²) in [4.78, 5) is 14.4. The number of piperidine rings is 1. The third kappa shape index (κ3) is 3.86. The molecule has 0 aromatic rings. The fraction of sp³-hybridized carbons (Fsp3) is 0.933. The van der Waals surface area contributed by atoms with Crippen molar-refractivity contribution in [2.24, 2.45) is 11.8 Å². The molecule has 0 aliphatic carbocycles. The quantitative estimate of drug-likeness (QED) is 0.865. The third-order valence-corrected chi connectivity index (χ3v) is 5.01. The summed E-state index contributed by atoms with van der Waals surface area (Å²) in [6.45, 7) is 5.08. The maximum atomic E-state index is 12.3. The Balaban J connectivity index is 0.00000147. The lowest BCUT2D eigenvalue weighted by Gasteiger charge is -2.35. The maximum Gasteiger partial charge on any atom is 0.222 e. The standard InChI is InChI=1S/C15H26N2O2.ClH/c18-15(5-4-14-3-1-2-8-19-14)17-7-6-12-9-16-10-13(12)11-17;/h12-14,16H,1-11H2;1H. The molecule has 1 amide bonds. The fourth-order valence-corrected chi connectivity index (χ4v) is 3.74. The van der Waals surface area contributed by atoms with E-state index in [1.165, 1.54) is 19.3 Å². The highest BCUT2D eigenvalue weighted by Crippen LogP contribution is 2.27. The molecule has 3 heterocycles. The molecular weight excluding hydrogens is 276 g/mol. The lowest BCUT2D eigenvalue weighted by Crippen LogP contribution is -2.43. The van der Waals surface area contributed by atoms with Crippen LogP contribution >= 0.6 is 12.4 Å². The van der Waals surface area contributed by atoms with Gasteiger partial charge in [0.1, 0.15) is 0 Å². The van der Waals surface area contributed by atoms with Crippen molar-refractivity contribution in [1.82, 2.24) is 10.2 Å². The van der Waals surface area contributed by atoms with Gasteiger partial charge in [-0.1, -0.05) is 0 Å².